The molecule has 0 amide bonds. The second-order valence-electron chi connectivity index (χ2n) is 3.95. The Morgan fingerprint density at radius 1 is 1.15 bits per heavy atom. The Labute approximate surface area is 125 Å². The van der Waals surface area contributed by atoms with Crippen molar-refractivity contribution in [1.82, 2.24) is 0 Å². The van der Waals surface area contributed by atoms with Crippen molar-refractivity contribution in [2.24, 2.45) is 0 Å². The molecule has 0 heterocycles. The maximum atomic E-state index is 13.7. The minimum atomic E-state index is -3.96. The lowest BCUT2D eigenvalue weighted by molar-refractivity contribution is 0.290. The van der Waals surface area contributed by atoms with E-state index in [1.807, 2.05) is 0 Å². The van der Waals surface area contributed by atoms with Gasteiger partial charge in [-0.15, -0.1) is 0 Å². The van der Waals surface area contributed by atoms with Crippen LogP contribution in [0.1, 0.15) is 5.56 Å². The first-order chi connectivity index (χ1) is 9.36. The van der Waals surface area contributed by atoms with Gasteiger partial charge in [-0.2, -0.15) is 0 Å². The molecule has 0 unspecified atom stereocenters. The first-order valence-electron chi connectivity index (χ1n) is 5.48. The van der Waals surface area contributed by atoms with Crippen LogP contribution in [-0.2, 0) is 15.7 Å². The number of halogens is 3. The lowest BCUT2D eigenvalue weighted by Gasteiger charge is -2.08. The third kappa shape index (κ3) is 3.85. The van der Waals surface area contributed by atoms with E-state index < -0.39 is 14.9 Å². The molecule has 7 heteroatoms. The van der Waals surface area contributed by atoms with Crippen LogP contribution in [-0.4, -0.2) is 8.42 Å². The lowest BCUT2D eigenvalue weighted by atomic mass is 10.2. The molecule has 3 nitrogen and oxygen atoms in total. The molecule has 0 saturated heterocycles. The van der Waals surface area contributed by atoms with Crippen molar-refractivity contribution < 1.29 is 17.5 Å². The van der Waals surface area contributed by atoms with Crippen LogP contribution >= 0.6 is 22.3 Å². The average molecular weight is 335 g/mol. The van der Waals surface area contributed by atoms with Gasteiger partial charge in [0.25, 0.3) is 9.05 Å². The molecule has 2 aromatic rings. The van der Waals surface area contributed by atoms with Crippen molar-refractivity contribution in [2.75, 3.05) is 0 Å². The van der Waals surface area contributed by atoms with E-state index in [4.69, 9.17) is 27.0 Å². The summed E-state index contributed by atoms with van der Waals surface area (Å²) in [6.07, 6.45) is 0. The highest BCUT2D eigenvalue weighted by Gasteiger charge is 2.13. The summed E-state index contributed by atoms with van der Waals surface area (Å²) < 4.78 is 41.1. The smallest absolute Gasteiger partial charge is 0.261 e. The molecule has 0 fully saturated rings. The fraction of sp³-hybridized carbons (Fsp3) is 0.0769. The second-order valence-corrected chi connectivity index (χ2v) is 6.95. The predicted molar refractivity (Wildman–Crippen MR) is 75.2 cm³/mol. The fourth-order valence-corrected chi connectivity index (χ4v) is 2.51. The number of ether oxygens (including phenoxy) is 1. The maximum absolute atomic E-state index is 13.7. The minimum absolute atomic E-state index is 0.0611. The topological polar surface area (TPSA) is 43.4 Å². The number of rotatable bonds is 4. The Kier molecular flexibility index (Phi) is 4.52. The van der Waals surface area contributed by atoms with Gasteiger partial charge in [0.2, 0.25) is 0 Å². The van der Waals surface area contributed by atoms with E-state index in [2.05, 4.69) is 0 Å². The molecular weight excluding hydrogens is 326 g/mol. The third-order valence-corrected chi connectivity index (χ3v) is 4.05. The summed E-state index contributed by atoms with van der Waals surface area (Å²) in [7, 11) is 1.17. The number of hydrogen-bond acceptors (Lipinski definition) is 3. The standard InChI is InChI=1S/C13H9Cl2FO3S/c14-10-3-1-2-9(6-10)8-19-13-5-4-11(7-12(13)16)20(15,17)18/h1-7H,8H2. The quantitative estimate of drug-likeness (QED) is 0.794. The lowest BCUT2D eigenvalue weighted by Crippen LogP contribution is -1.99. The highest BCUT2D eigenvalue weighted by Crippen LogP contribution is 2.24. The Hall–Kier alpha value is -1.30. The molecule has 0 atom stereocenters. The van der Waals surface area contributed by atoms with Crippen LogP contribution in [0.3, 0.4) is 0 Å². The summed E-state index contributed by atoms with van der Waals surface area (Å²) in [5, 5.41) is 0.551. The summed E-state index contributed by atoms with van der Waals surface area (Å²) in [4.78, 5) is -0.313. The first-order valence-corrected chi connectivity index (χ1v) is 8.16. The summed E-state index contributed by atoms with van der Waals surface area (Å²) in [6.45, 7) is 0.116. The first kappa shape index (κ1) is 15.1. The number of benzene rings is 2. The van der Waals surface area contributed by atoms with Crippen LogP contribution in [0.25, 0.3) is 0 Å². The average Bonchev–Trinajstić information content (AvgIpc) is 2.36. The zero-order valence-electron chi connectivity index (χ0n) is 10.0. The summed E-state index contributed by atoms with van der Waals surface area (Å²) in [5.74, 6) is -0.859. The van der Waals surface area contributed by atoms with Crippen LogP contribution in [0.2, 0.25) is 5.02 Å². The van der Waals surface area contributed by atoms with Gasteiger partial charge in [-0.25, -0.2) is 12.8 Å². The molecule has 0 aliphatic heterocycles. The monoisotopic (exact) mass is 334 g/mol. The van der Waals surface area contributed by atoms with E-state index in [0.29, 0.717) is 5.02 Å². The van der Waals surface area contributed by atoms with Gasteiger partial charge in [0.1, 0.15) is 6.61 Å². The molecule has 20 heavy (non-hydrogen) atoms. The van der Waals surface area contributed by atoms with Gasteiger partial charge in [-0.1, -0.05) is 23.7 Å². The van der Waals surface area contributed by atoms with Crippen molar-refractivity contribution in [3.8, 4) is 5.75 Å². The molecule has 0 aliphatic rings. The number of hydrogen-bond donors (Lipinski definition) is 0. The molecule has 0 bridgehead atoms. The minimum Gasteiger partial charge on any atom is -0.486 e. The molecule has 0 spiro atoms. The van der Waals surface area contributed by atoms with Crippen molar-refractivity contribution >= 4 is 31.3 Å². The van der Waals surface area contributed by atoms with Crippen LogP contribution in [0.15, 0.2) is 47.4 Å². The molecule has 0 radical (unpaired) electrons. The second kappa shape index (κ2) is 5.99. The highest BCUT2D eigenvalue weighted by atomic mass is 35.7. The predicted octanol–water partition coefficient (Wildman–Crippen LogP) is 3.99. The van der Waals surface area contributed by atoms with Crippen molar-refractivity contribution in [2.45, 2.75) is 11.5 Å². The van der Waals surface area contributed by atoms with Crippen LogP contribution in [0.5, 0.6) is 5.75 Å². The normalized spacial score (nSPS) is 11.3. The Balaban J connectivity index is 2.15. The van der Waals surface area contributed by atoms with Gasteiger partial charge in [0.05, 0.1) is 4.90 Å². The van der Waals surface area contributed by atoms with Crippen LogP contribution in [0.4, 0.5) is 4.39 Å². The zero-order valence-corrected chi connectivity index (χ0v) is 12.3. The molecule has 2 aromatic carbocycles. The van der Waals surface area contributed by atoms with Gasteiger partial charge in [-0.05, 0) is 35.9 Å². The summed E-state index contributed by atoms with van der Waals surface area (Å²) in [5.41, 5.74) is 0.769. The molecular formula is C13H9Cl2FO3S. The molecule has 0 aliphatic carbocycles. The van der Waals surface area contributed by atoms with Crippen molar-refractivity contribution in [3.05, 3.63) is 58.9 Å². The van der Waals surface area contributed by atoms with Gasteiger partial charge in [0, 0.05) is 15.7 Å². The Morgan fingerprint density at radius 2 is 1.90 bits per heavy atom. The van der Waals surface area contributed by atoms with Gasteiger partial charge in [-0.3, -0.25) is 0 Å². The van der Waals surface area contributed by atoms with Gasteiger partial charge in [0.15, 0.2) is 11.6 Å². The molecule has 0 N–H and O–H groups in total. The zero-order chi connectivity index (χ0) is 14.8. The van der Waals surface area contributed by atoms with E-state index >= 15 is 0 Å². The van der Waals surface area contributed by atoms with Gasteiger partial charge < -0.3 is 4.74 Å². The molecule has 2 rings (SSSR count). The Bertz CT molecular complexity index is 732. The van der Waals surface area contributed by atoms with E-state index in [-0.39, 0.29) is 17.3 Å². The maximum Gasteiger partial charge on any atom is 0.261 e. The van der Waals surface area contributed by atoms with Crippen molar-refractivity contribution in [3.63, 3.8) is 0 Å². The molecule has 0 saturated carbocycles. The van der Waals surface area contributed by atoms with E-state index in [1.54, 1.807) is 24.3 Å². The third-order valence-electron chi connectivity index (χ3n) is 2.47. The fourth-order valence-electron chi connectivity index (χ4n) is 1.54. The highest BCUT2D eigenvalue weighted by molar-refractivity contribution is 8.13. The summed E-state index contributed by atoms with van der Waals surface area (Å²) >= 11 is 5.82. The largest absolute Gasteiger partial charge is 0.486 e. The van der Waals surface area contributed by atoms with Crippen LogP contribution < -0.4 is 4.74 Å². The van der Waals surface area contributed by atoms with E-state index in [0.717, 1.165) is 11.6 Å². The van der Waals surface area contributed by atoms with Crippen LogP contribution in [0, 0.1) is 5.82 Å². The SMILES string of the molecule is O=S(=O)(Cl)c1ccc(OCc2cccc(Cl)c2)c(F)c1. The van der Waals surface area contributed by atoms with E-state index in [9.17, 15) is 12.8 Å². The molecule has 106 valence electrons. The van der Waals surface area contributed by atoms with E-state index in [1.165, 1.54) is 12.1 Å². The Morgan fingerprint density at radius 3 is 2.50 bits per heavy atom. The van der Waals surface area contributed by atoms with Crippen molar-refractivity contribution in [1.29, 1.82) is 0 Å². The molecule has 0 aromatic heterocycles. The summed E-state index contributed by atoms with van der Waals surface area (Å²) in [6, 6.07) is 10.1. The van der Waals surface area contributed by atoms with Gasteiger partial charge >= 0.3 is 0 Å².